The molecule has 0 bridgehead atoms. The van der Waals surface area contributed by atoms with Gasteiger partial charge in [-0.25, -0.2) is 4.98 Å². The third-order valence-electron chi connectivity index (χ3n) is 3.52. The zero-order chi connectivity index (χ0) is 13.8. The molecule has 7 heteroatoms. The lowest BCUT2D eigenvalue weighted by Gasteiger charge is -2.36. The van der Waals surface area contributed by atoms with Gasteiger partial charge in [-0.1, -0.05) is 0 Å². The Bertz CT molecular complexity index is 437. The van der Waals surface area contributed by atoms with Crippen LogP contribution >= 0.6 is 11.5 Å². The van der Waals surface area contributed by atoms with E-state index >= 15 is 0 Å². The third kappa shape index (κ3) is 3.42. The lowest BCUT2D eigenvalue weighted by Crippen LogP contribution is -2.45. The van der Waals surface area contributed by atoms with Gasteiger partial charge in [0.1, 0.15) is 5.82 Å². The van der Waals surface area contributed by atoms with Crippen molar-refractivity contribution in [2.45, 2.75) is 32.2 Å². The number of rotatable bonds is 5. The monoisotopic (exact) mass is 284 g/mol. The molecule has 2 rings (SSSR count). The van der Waals surface area contributed by atoms with Crippen LogP contribution in [0.5, 0.6) is 0 Å². The summed E-state index contributed by atoms with van der Waals surface area (Å²) in [7, 11) is 1.66. The summed E-state index contributed by atoms with van der Waals surface area (Å²) >= 11 is 1.38. The highest BCUT2D eigenvalue weighted by molar-refractivity contribution is 7.09. The molecule has 0 spiro atoms. The molecule has 0 aliphatic carbocycles. The maximum absolute atomic E-state index is 11.3. The molecule has 1 saturated heterocycles. The number of anilines is 1. The summed E-state index contributed by atoms with van der Waals surface area (Å²) in [6, 6.07) is 0.374. The number of nitrogens with two attached hydrogens (primary N) is 1. The first-order valence-electron chi connectivity index (χ1n) is 6.49. The van der Waals surface area contributed by atoms with Gasteiger partial charge < -0.3 is 15.4 Å². The van der Waals surface area contributed by atoms with E-state index in [2.05, 4.69) is 21.2 Å². The van der Waals surface area contributed by atoms with E-state index in [1.807, 2.05) is 0 Å². The van der Waals surface area contributed by atoms with Crippen LogP contribution in [0.1, 0.15) is 25.6 Å². The number of primary amides is 1. The number of amides is 1. The maximum Gasteiger partial charge on any atom is 0.222 e. The van der Waals surface area contributed by atoms with Crippen molar-refractivity contribution in [1.29, 1.82) is 0 Å². The minimum absolute atomic E-state index is 0.0810. The molecule has 0 radical (unpaired) electrons. The molecule has 1 aliphatic heterocycles. The zero-order valence-corrected chi connectivity index (χ0v) is 12.2. The number of hydrogen-bond donors (Lipinski definition) is 1. The number of methoxy groups -OCH3 is 1. The Morgan fingerprint density at radius 2 is 2.37 bits per heavy atom. The van der Waals surface area contributed by atoms with Crippen LogP contribution in [0.15, 0.2) is 0 Å². The van der Waals surface area contributed by atoms with Gasteiger partial charge in [-0.3, -0.25) is 4.79 Å². The molecule has 0 aromatic carbocycles. The fourth-order valence-corrected chi connectivity index (χ4v) is 3.09. The van der Waals surface area contributed by atoms with E-state index in [4.69, 9.17) is 10.5 Å². The second-order valence-electron chi connectivity index (χ2n) is 4.91. The molecule has 2 heterocycles. The van der Waals surface area contributed by atoms with E-state index in [0.717, 1.165) is 23.8 Å². The first-order chi connectivity index (χ1) is 9.11. The van der Waals surface area contributed by atoms with Crippen molar-refractivity contribution < 1.29 is 9.53 Å². The number of nitrogens with zero attached hydrogens (tertiary/aromatic N) is 3. The highest BCUT2D eigenvalue weighted by Crippen LogP contribution is 2.28. The first-order valence-corrected chi connectivity index (χ1v) is 7.26. The van der Waals surface area contributed by atoms with Gasteiger partial charge in [-0.2, -0.15) is 4.37 Å². The van der Waals surface area contributed by atoms with Gasteiger partial charge in [0.05, 0.1) is 12.5 Å². The third-order valence-corrected chi connectivity index (χ3v) is 4.31. The van der Waals surface area contributed by atoms with E-state index < -0.39 is 0 Å². The maximum atomic E-state index is 11.3. The molecule has 1 aromatic rings. The van der Waals surface area contributed by atoms with Gasteiger partial charge in [0, 0.05) is 37.6 Å². The van der Waals surface area contributed by atoms with Crippen molar-refractivity contribution in [3.05, 3.63) is 5.82 Å². The van der Waals surface area contributed by atoms with Crippen molar-refractivity contribution in [3.8, 4) is 0 Å². The Morgan fingerprint density at radius 1 is 1.58 bits per heavy atom. The lowest BCUT2D eigenvalue weighted by molar-refractivity contribution is -0.122. The molecule has 0 saturated carbocycles. The zero-order valence-electron chi connectivity index (χ0n) is 11.3. The molecule has 19 heavy (non-hydrogen) atoms. The lowest BCUT2D eigenvalue weighted by atomic mass is 9.93. The van der Waals surface area contributed by atoms with Crippen LogP contribution < -0.4 is 10.6 Å². The van der Waals surface area contributed by atoms with Crippen molar-refractivity contribution in [3.63, 3.8) is 0 Å². The molecule has 6 nitrogen and oxygen atoms in total. The summed E-state index contributed by atoms with van der Waals surface area (Å²) in [5.74, 6) is 0.499. The number of aromatic nitrogens is 2. The average molecular weight is 284 g/mol. The van der Waals surface area contributed by atoms with Gasteiger partial charge in [-0.15, -0.1) is 0 Å². The van der Waals surface area contributed by atoms with Gasteiger partial charge in [0.25, 0.3) is 0 Å². The highest BCUT2D eigenvalue weighted by atomic mass is 32.1. The van der Waals surface area contributed by atoms with Gasteiger partial charge in [0.2, 0.25) is 11.0 Å². The van der Waals surface area contributed by atoms with Crippen LogP contribution in [0.4, 0.5) is 5.13 Å². The first kappa shape index (κ1) is 14.2. The predicted octanol–water partition coefficient (Wildman–Crippen LogP) is 0.817. The molecular weight excluding hydrogens is 264 g/mol. The fraction of sp³-hybridized carbons (Fsp3) is 0.750. The van der Waals surface area contributed by atoms with E-state index in [9.17, 15) is 4.79 Å². The van der Waals surface area contributed by atoms with Crippen molar-refractivity contribution >= 4 is 22.6 Å². The number of carbonyl (C=O) groups is 1. The molecule has 1 fully saturated rings. The van der Waals surface area contributed by atoms with Crippen molar-refractivity contribution in [2.75, 3.05) is 25.2 Å². The van der Waals surface area contributed by atoms with Crippen LogP contribution in [0, 0.1) is 5.92 Å². The minimum atomic E-state index is -0.221. The largest absolute Gasteiger partial charge is 0.384 e. The fourth-order valence-electron chi connectivity index (χ4n) is 2.26. The van der Waals surface area contributed by atoms with Crippen molar-refractivity contribution in [1.82, 2.24) is 9.36 Å². The van der Waals surface area contributed by atoms with Gasteiger partial charge >= 0.3 is 0 Å². The molecule has 0 unspecified atom stereocenters. The van der Waals surface area contributed by atoms with Crippen LogP contribution in [-0.2, 0) is 16.0 Å². The summed E-state index contributed by atoms with van der Waals surface area (Å²) < 4.78 is 9.35. The molecule has 2 N–H and O–H groups in total. The van der Waals surface area contributed by atoms with Gasteiger partial charge in [-0.05, 0) is 19.8 Å². The smallest absolute Gasteiger partial charge is 0.222 e. The van der Waals surface area contributed by atoms with E-state index in [-0.39, 0.29) is 11.8 Å². The average Bonchev–Trinajstić information content (AvgIpc) is 2.85. The van der Waals surface area contributed by atoms with Gasteiger partial charge in [0.15, 0.2) is 0 Å². The molecule has 1 amide bonds. The quantitative estimate of drug-likeness (QED) is 0.865. The summed E-state index contributed by atoms with van der Waals surface area (Å²) in [5.41, 5.74) is 5.41. The molecule has 1 aliphatic rings. The molecule has 2 atom stereocenters. The summed E-state index contributed by atoms with van der Waals surface area (Å²) in [5, 5.41) is 0.879. The molecular formula is C12H20N4O2S. The second kappa shape index (κ2) is 6.29. The Hall–Kier alpha value is -1.21. The minimum Gasteiger partial charge on any atom is -0.384 e. The number of piperidine rings is 1. The molecule has 1 aromatic heterocycles. The topological polar surface area (TPSA) is 81.3 Å². The Balaban J connectivity index is 2.05. The van der Waals surface area contributed by atoms with E-state index in [1.54, 1.807) is 7.11 Å². The number of carbonyl (C=O) groups excluding carboxylic acids is 1. The van der Waals surface area contributed by atoms with Crippen LogP contribution in [0.25, 0.3) is 0 Å². The Labute approximate surface area is 117 Å². The summed E-state index contributed by atoms with van der Waals surface area (Å²) in [6.45, 7) is 3.42. The normalized spacial score (nSPS) is 23.6. The predicted molar refractivity (Wildman–Crippen MR) is 74.2 cm³/mol. The Kier molecular flexibility index (Phi) is 4.71. The summed E-state index contributed by atoms with van der Waals surface area (Å²) in [6.07, 6.45) is 2.54. The van der Waals surface area contributed by atoms with Crippen molar-refractivity contribution in [2.24, 2.45) is 11.7 Å². The summed E-state index contributed by atoms with van der Waals surface area (Å²) in [4.78, 5) is 18.0. The van der Waals surface area contributed by atoms with E-state index in [1.165, 1.54) is 11.5 Å². The Morgan fingerprint density at radius 3 is 3.05 bits per heavy atom. The highest BCUT2D eigenvalue weighted by Gasteiger charge is 2.30. The number of hydrogen-bond acceptors (Lipinski definition) is 6. The second-order valence-corrected chi connectivity index (χ2v) is 5.64. The number of ether oxygens (including phenoxy) is 1. The van der Waals surface area contributed by atoms with Crippen LogP contribution in [0.3, 0.4) is 0 Å². The SMILES string of the molecule is COCCc1nsc(N2C[C@@H](C(N)=O)CC[C@H]2C)n1. The van der Waals surface area contributed by atoms with E-state index in [0.29, 0.717) is 25.6 Å². The van der Waals surface area contributed by atoms with Crippen LogP contribution in [-0.4, -0.2) is 41.6 Å². The standard InChI is InChI=1S/C12H20N4O2S/c1-8-3-4-9(11(13)17)7-16(8)12-14-10(15-19-12)5-6-18-2/h8-9H,3-7H2,1-2H3,(H2,13,17)/t8-,9+/m1/s1. The van der Waals surface area contributed by atoms with Crippen LogP contribution in [0.2, 0.25) is 0 Å². The molecule has 106 valence electrons.